The fourth-order valence-corrected chi connectivity index (χ4v) is 6.25. The summed E-state index contributed by atoms with van der Waals surface area (Å²) >= 11 is 1.86. The molecule has 0 aliphatic carbocycles. The van der Waals surface area contributed by atoms with E-state index in [4.69, 9.17) is 9.97 Å². The number of hydrogen-bond acceptors (Lipinski definition) is 8. The van der Waals surface area contributed by atoms with Crippen molar-refractivity contribution >= 4 is 46.4 Å². The predicted octanol–water partition coefficient (Wildman–Crippen LogP) is 6.53. The number of thioether (sulfide) groups is 1. The van der Waals surface area contributed by atoms with Crippen LogP contribution in [0.25, 0.3) is 0 Å². The molecule has 3 heterocycles. The van der Waals surface area contributed by atoms with Gasteiger partial charge >= 0.3 is 0 Å². The fourth-order valence-electron chi connectivity index (χ4n) is 5.34. The van der Waals surface area contributed by atoms with Crippen molar-refractivity contribution < 1.29 is 0 Å². The summed E-state index contributed by atoms with van der Waals surface area (Å²) in [7, 11) is 4.38. The van der Waals surface area contributed by atoms with E-state index in [0.29, 0.717) is 17.2 Å². The molecule has 8 heteroatoms. The van der Waals surface area contributed by atoms with E-state index in [1.54, 1.807) is 0 Å². The van der Waals surface area contributed by atoms with Gasteiger partial charge in [0.05, 0.1) is 5.69 Å². The second kappa shape index (κ2) is 11.8. The average molecular weight is 532 g/mol. The highest BCUT2D eigenvalue weighted by Gasteiger charge is 2.23. The first kappa shape index (κ1) is 26.6. The lowest BCUT2D eigenvalue weighted by Crippen LogP contribution is -2.42. The van der Waals surface area contributed by atoms with Crippen molar-refractivity contribution in [2.24, 2.45) is 0 Å². The molecule has 38 heavy (non-hydrogen) atoms. The largest absolute Gasteiger partial charge is 0.371 e. The highest BCUT2D eigenvalue weighted by Crippen LogP contribution is 2.36. The van der Waals surface area contributed by atoms with Crippen LogP contribution in [0.15, 0.2) is 47.4 Å². The molecule has 1 saturated heterocycles. The molecule has 0 amide bonds. The van der Waals surface area contributed by atoms with Crippen molar-refractivity contribution in [3.63, 3.8) is 0 Å². The minimum absolute atomic E-state index is 0.503. The number of hydrogen-bond donors (Lipinski definition) is 3. The van der Waals surface area contributed by atoms with E-state index in [1.165, 1.54) is 29.0 Å². The third kappa shape index (κ3) is 6.02. The Hall–Kier alpha value is -2.97. The van der Waals surface area contributed by atoms with Gasteiger partial charge in [0, 0.05) is 52.8 Å². The molecule has 5 rings (SSSR count). The van der Waals surface area contributed by atoms with Crippen molar-refractivity contribution in [3.8, 4) is 0 Å². The summed E-state index contributed by atoms with van der Waals surface area (Å²) in [6, 6.07) is 15.9. The van der Waals surface area contributed by atoms with Gasteiger partial charge in [0.1, 0.15) is 11.6 Å². The zero-order valence-electron chi connectivity index (χ0n) is 23.3. The Kier molecular flexibility index (Phi) is 8.29. The first-order chi connectivity index (χ1) is 18.4. The molecule has 0 saturated carbocycles. The number of nitrogens with one attached hydrogen (secondary N) is 3. The second-order valence-corrected chi connectivity index (χ2v) is 12.3. The quantitative estimate of drug-likeness (QED) is 0.270. The van der Waals surface area contributed by atoms with E-state index in [9.17, 15) is 0 Å². The van der Waals surface area contributed by atoms with Crippen molar-refractivity contribution in [1.82, 2.24) is 14.9 Å². The normalized spacial score (nSPS) is 15.6. The summed E-state index contributed by atoms with van der Waals surface area (Å²) < 4.78 is 0. The minimum Gasteiger partial charge on any atom is -0.371 e. The van der Waals surface area contributed by atoms with E-state index in [2.05, 4.69) is 103 Å². The molecule has 1 aromatic heterocycles. The molecular formula is C30H41N7S. The van der Waals surface area contributed by atoms with Crippen molar-refractivity contribution in [3.05, 3.63) is 53.6 Å². The molecule has 0 bridgehead atoms. The maximum atomic E-state index is 4.97. The Labute approximate surface area is 231 Å². The highest BCUT2D eigenvalue weighted by molar-refractivity contribution is 8.00. The standard InChI is InChI=1S/C30H41N7S/c1-6-21-19-23(37-17-14-22(15-18-37)36(4)5)11-12-25(21)33-30-34-28-24(13-16-31-28)29(35-30)32-26-9-7-8-10-27(26)38-20(2)3/h7-12,19-20,22H,6,13-18H2,1-5H3,(H3,31,32,33,34,35). The Balaban J connectivity index is 1.38. The molecule has 3 aromatic rings. The molecule has 7 nitrogen and oxygen atoms in total. The number of aryl methyl sites for hydroxylation is 1. The monoisotopic (exact) mass is 531 g/mol. The van der Waals surface area contributed by atoms with Gasteiger partial charge in [-0.1, -0.05) is 32.9 Å². The Morgan fingerprint density at radius 1 is 1.05 bits per heavy atom. The van der Waals surface area contributed by atoms with Crippen molar-refractivity contribution in [2.75, 3.05) is 54.6 Å². The lowest BCUT2D eigenvalue weighted by molar-refractivity contribution is 0.249. The van der Waals surface area contributed by atoms with Gasteiger partial charge in [-0.05, 0) is 75.7 Å². The van der Waals surface area contributed by atoms with Crippen LogP contribution in [0.3, 0.4) is 0 Å². The molecule has 2 aliphatic rings. The Morgan fingerprint density at radius 2 is 1.84 bits per heavy atom. The third-order valence-corrected chi connectivity index (χ3v) is 8.53. The van der Waals surface area contributed by atoms with E-state index in [1.807, 2.05) is 11.8 Å². The molecule has 0 unspecified atom stereocenters. The number of anilines is 6. The molecule has 2 aromatic carbocycles. The van der Waals surface area contributed by atoms with Crippen LogP contribution in [-0.4, -0.2) is 59.9 Å². The minimum atomic E-state index is 0.503. The molecule has 0 spiro atoms. The molecule has 0 atom stereocenters. The van der Waals surface area contributed by atoms with Crippen molar-refractivity contribution in [1.29, 1.82) is 0 Å². The molecular weight excluding hydrogens is 490 g/mol. The van der Waals surface area contributed by atoms with Gasteiger partial charge in [-0.3, -0.25) is 0 Å². The zero-order valence-corrected chi connectivity index (χ0v) is 24.2. The van der Waals surface area contributed by atoms with Crippen LogP contribution >= 0.6 is 11.8 Å². The highest BCUT2D eigenvalue weighted by atomic mass is 32.2. The maximum absolute atomic E-state index is 4.97. The third-order valence-electron chi connectivity index (χ3n) is 7.45. The van der Waals surface area contributed by atoms with E-state index in [0.717, 1.165) is 61.0 Å². The van der Waals surface area contributed by atoms with E-state index in [-0.39, 0.29) is 0 Å². The van der Waals surface area contributed by atoms with E-state index < -0.39 is 0 Å². The smallest absolute Gasteiger partial charge is 0.231 e. The van der Waals surface area contributed by atoms with Crippen molar-refractivity contribution in [2.45, 2.75) is 62.6 Å². The van der Waals surface area contributed by atoms with Gasteiger partial charge in [-0.2, -0.15) is 9.97 Å². The Bertz CT molecular complexity index is 1250. The van der Waals surface area contributed by atoms with Crippen LogP contribution in [-0.2, 0) is 12.8 Å². The van der Waals surface area contributed by atoms with Crippen LogP contribution in [0.1, 0.15) is 44.7 Å². The number of aromatic nitrogens is 2. The van der Waals surface area contributed by atoms with Gasteiger partial charge in [-0.25, -0.2) is 0 Å². The summed E-state index contributed by atoms with van der Waals surface area (Å²) in [5.41, 5.74) is 5.89. The first-order valence-electron chi connectivity index (χ1n) is 13.9. The van der Waals surface area contributed by atoms with Gasteiger partial charge in [-0.15, -0.1) is 11.8 Å². The van der Waals surface area contributed by atoms with Gasteiger partial charge < -0.3 is 25.8 Å². The summed E-state index contributed by atoms with van der Waals surface area (Å²) in [5, 5.41) is 11.1. The summed E-state index contributed by atoms with van der Waals surface area (Å²) in [4.78, 5) is 15.9. The SMILES string of the molecule is CCc1cc(N2CCC(N(C)C)CC2)ccc1Nc1nc2c(c(Nc3ccccc3SC(C)C)n1)CCN2. The molecule has 202 valence electrons. The topological polar surface area (TPSA) is 68.3 Å². The molecule has 0 radical (unpaired) electrons. The van der Waals surface area contributed by atoms with E-state index >= 15 is 0 Å². The molecule has 3 N–H and O–H groups in total. The summed E-state index contributed by atoms with van der Waals surface area (Å²) in [5.74, 6) is 2.40. The second-order valence-electron chi connectivity index (χ2n) is 10.7. The lowest BCUT2D eigenvalue weighted by atomic mass is 10.0. The lowest BCUT2D eigenvalue weighted by Gasteiger charge is -2.36. The van der Waals surface area contributed by atoms with Gasteiger partial charge in [0.25, 0.3) is 0 Å². The number of piperidine rings is 1. The van der Waals surface area contributed by atoms with Crippen LogP contribution < -0.4 is 20.9 Å². The number of fused-ring (bicyclic) bond motifs is 1. The molecule has 2 aliphatic heterocycles. The van der Waals surface area contributed by atoms with Crippen LogP contribution in [0.2, 0.25) is 0 Å². The van der Waals surface area contributed by atoms with Gasteiger partial charge in [0.15, 0.2) is 0 Å². The maximum Gasteiger partial charge on any atom is 0.231 e. The van der Waals surface area contributed by atoms with Crippen LogP contribution in [0, 0.1) is 0 Å². The summed E-state index contributed by atoms with van der Waals surface area (Å²) in [6.45, 7) is 9.73. The number of para-hydroxylation sites is 1. The van der Waals surface area contributed by atoms with Gasteiger partial charge in [0.2, 0.25) is 5.95 Å². The zero-order chi connectivity index (χ0) is 26.6. The Morgan fingerprint density at radius 3 is 2.58 bits per heavy atom. The fraction of sp³-hybridized carbons (Fsp3) is 0.467. The molecule has 1 fully saturated rings. The number of benzene rings is 2. The van der Waals surface area contributed by atoms with Crippen LogP contribution in [0.5, 0.6) is 0 Å². The van der Waals surface area contributed by atoms with Crippen LogP contribution in [0.4, 0.5) is 34.6 Å². The number of nitrogens with zero attached hydrogens (tertiary/aromatic N) is 4. The predicted molar refractivity (Wildman–Crippen MR) is 163 cm³/mol. The number of rotatable bonds is 9. The first-order valence-corrected chi connectivity index (χ1v) is 14.8. The average Bonchev–Trinajstić information content (AvgIpc) is 3.39. The summed E-state index contributed by atoms with van der Waals surface area (Å²) in [6.07, 6.45) is 4.27.